The summed E-state index contributed by atoms with van der Waals surface area (Å²) in [5.74, 6) is -2.06. The Balaban J connectivity index is 0.926. The molecule has 0 bridgehead atoms. The van der Waals surface area contributed by atoms with Crippen molar-refractivity contribution in [2.75, 3.05) is 76.5 Å². The average Bonchev–Trinajstić information content (AvgIpc) is 3.40. The second-order valence-corrected chi connectivity index (χ2v) is 13.6. The second kappa shape index (κ2) is 19.5. The summed E-state index contributed by atoms with van der Waals surface area (Å²) in [6.45, 7) is 10.4. The van der Waals surface area contributed by atoms with Crippen LogP contribution in [0, 0.1) is 6.92 Å². The number of benzene rings is 2. The fourth-order valence-corrected chi connectivity index (χ4v) is 6.94. The van der Waals surface area contributed by atoms with Gasteiger partial charge in [-0.25, -0.2) is 0 Å². The summed E-state index contributed by atoms with van der Waals surface area (Å²) >= 11 is 1.50. The number of hydrogen-bond donors (Lipinski definition) is 4. The lowest BCUT2D eigenvalue weighted by Crippen LogP contribution is -2.54. The largest absolute Gasteiger partial charge is 0.382 e. The molecule has 2 fully saturated rings. The van der Waals surface area contributed by atoms with Crippen molar-refractivity contribution >= 4 is 52.9 Å². The smallest absolute Gasteiger partial charge is 0.264 e. The number of nitrogens with one attached hydrogen (secondary N) is 4. The summed E-state index contributed by atoms with van der Waals surface area (Å²) in [5.41, 5.74) is 4.10. The van der Waals surface area contributed by atoms with Crippen molar-refractivity contribution in [1.29, 1.82) is 0 Å². The molecule has 0 aromatic heterocycles. The van der Waals surface area contributed by atoms with E-state index in [1.165, 1.54) is 11.9 Å². The Morgan fingerprint density at radius 1 is 0.923 bits per heavy atom. The predicted octanol–water partition coefficient (Wildman–Crippen LogP) is 2.88. The maximum Gasteiger partial charge on any atom is 0.264 e. The van der Waals surface area contributed by atoms with E-state index in [9.17, 15) is 24.0 Å². The van der Waals surface area contributed by atoms with E-state index in [0.29, 0.717) is 64.3 Å². The van der Waals surface area contributed by atoms with Gasteiger partial charge in [0.1, 0.15) is 6.04 Å². The first-order valence-corrected chi connectivity index (χ1v) is 18.6. The molecule has 15 heteroatoms. The molecule has 280 valence electrons. The minimum absolute atomic E-state index is 0.0658. The Morgan fingerprint density at radius 2 is 1.65 bits per heavy atom. The first-order chi connectivity index (χ1) is 25.3. The number of amides is 5. The second-order valence-electron chi connectivity index (χ2n) is 12.8. The highest BCUT2D eigenvalue weighted by atomic mass is 32.2. The van der Waals surface area contributed by atoms with Crippen molar-refractivity contribution in [3.63, 3.8) is 0 Å². The molecule has 0 saturated carbocycles. The highest BCUT2D eigenvalue weighted by molar-refractivity contribution is 8.00. The third-order valence-electron chi connectivity index (χ3n) is 9.15. The lowest BCUT2D eigenvalue weighted by atomic mass is 10.0. The maximum absolute atomic E-state index is 13.2. The molecule has 14 nitrogen and oxygen atoms in total. The molecular weight excluding hydrogens is 689 g/mol. The molecule has 3 heterocycles. The van der Waals surface area contributed by atoms with Crippen molar-refractivity contribution in [3.05, 3.63) is 70.6 Å². The van der Waals surface area contributed by atoms with E-state index < -0.39 is 29.7 Å². The van der Waals surface area contributed by atoms with E-state index >= 15 is 0 Å². The number of imide groups is 2. The van der Waals surface area contributed by atoms with Gasteiger partial charge in [0.2, 0.25) is 17.7 Å². The quantitative estimate of drug-likeness (QED) is 0.0894. The van der Waals surface area contributed by atoms with E-state index in [1.807, 2.05) is 24.0 Å². The number of rotatable bonds is 20. The van der Waals surface area contributed by atoms with Crippen LogP contribution < -0.4 is 20.7 Å². The van der Waals surface area contributed by atoms with Gasteiger partial charge in [-0.1, -0.05) is 42.3 Å². The number of hydrogen-bond acceptors (Lipinski definition) is 12. The molecule has 52 heavy (non-hydrogen) atoms. The summed E-state index contributed by atoms with van der Waals surface area (Å²) in [6.07, 6.45) is 2.72. The summed E-state index contributed by atoms with van der Waals surface area (Å²) in [5, 5.41) is 10.5. The molecule has 2 aromatic carbocycles. The number of aryl methyl sites for hydroxylation is 1. The minimum atomic E-state index is -1.01. The summed E-state index contributed by atoms with van der Waals surface area (Å²) in [7, 11) is 0. The zero-order valence-electron chi connectivity index (χ0n) is 29.6. The predicted molar refractivity (Wildman–Crippen MR) is 198 cm³/mol. The lowest BCUT2D eigenvalue weighted by Gasteiger charge is -2.32. The molecule has 0 spiro atoms. The van der Waals surface area contributed by atoms with Crippen LogP contribution in [0.4, 0.5) is 11.4 Å². The van der Waals surface area contributed by atoms with Crippen LogP contribution in [0.25, 0.3) is 0 Å². The van der Waals surface area contributed by atoms with Gasteiger partial charge in [-0.05, 0) is 61.8 Å². The van der Waals surface area contributed by atoms with E-state index in [1.54, 1.807) is 23.6 Å². The molecule has 5 amide bonds. The zero-order chi connectivity index (χ0) is 36.9. The van der Waals surface area contributed by atoms with Gasteiger partial charge >= 0.3 is 0 Å². The summed E-state index contributed by atoms with van der Waals surface area (Å²) < 4.78 is 20.5. The molecule has 1 atom stereocenters. The number of carbonyl (C=O) groups excluding carboxylic acids is 5. The molecule has 0 aliphatic carbocycles. The van der Waals surface area contributed by atoms with Gasteiger partial charge in [0.05, 0.1) is 57.3 Å². The van der Waals surface area contributed by atoms with Crippen LogP contribution in [-0.4, -0.2) is 117 Å². The minimum Gasteiger partial charge on any atom is -0.382 e. The van der Waals surface area contributed by atoms with Crippen LogP contribution in [0.15, 0.2) is 48.4 Å². The fourth-order valence-electron chi connectivity index (χ4n) is 6.42. The fraction of sp³-hybridized carbons (Fsp3) is 0.486. The number of likely N-dealkylation sites (tertiary alicyclic amines) is 1. The molecule has 2 aromatic rings. The van der Waals surface area contributed by atoms with Crippen LogP contribution in [0.1, 0.15) is 57.5 Å². The van der Waals surface area contributed by atoms with Gasteiger partial charge in [-0.2, -0.15) is 0 Å². The SMILES string of the molecule is C=CSNC1CCN(C(=O)CNc2ccc(C)cc2CCOCCOCCOCCNc2cccc3c2C(=O)N(C2CCC(=O)NC2=O)C3=O)CC1. The highest BCUT2D eigenvalue weighted by Gasteiger charge is 2.45. The molecular formula is C37H48N6O8S. The summed E-state index contributed by atoms with van der Waals surface area (Å²) in [4.78, 5) is 65.8. The molecule has 0 radical (unpaired) electrons. The van der Waals surface area contributed by atoms with Gasteiger partial charge in [0, 0.05) is 43.5 Å². The Labute approximate surface area is 308 Å². The molecule has 1 unspecified atom stereocenters. The van der Waals surface area contributed by atoms with Gasteiger partial charge in [-0.15, -0.1) is 0 Å². The molecule has 3 aliphatic heterocycles. The number of carbonyl (C=O) groups is 5. The number of nitrogens with zero attached hydrogens (tertiary/aromatic N) is 2. The molecule has 2 saturated heterocycles. The Kier molecular flexibility index (Phi) is 14.6. The number of fused-ring (bicyclic) bond motifs is 1. The third kappa shape index (κ3) is 10.4. The maximum atomic E-state index is 13.2. The molecule has 3 aliphatic rings. The molecule has 4 N–H and O–H groups in total. The number of ether oxygens (including phenoxy) is 3. The lowest BCUT2D eigenvalue weighted by molar-refractivity contribution is -0.136. The van der Waals surface area contributed by atoms with Crippen molar-refractivity contribution in [2.24, 2.45) is 0 Å². The number of piperidine rings is 2. The van der Waals surface area contributed by atoms with Crippen LogP contribution in [0.5, 0.6) is 0 Å². The summed E-state index contributed by atoms with van der Waals surface area (Å²) in [6, 6.07) is 10.5. The van der Waals surface area contributed by atoms with Crippen molar-refractivity contribution in [2.45, 2.75) is 51.1 Å². The third-order valence-corrected chi connectivity index (χ3v) is 9.78. The standard InChI is InChI=1S/C37H48N6O8S/c1-3-52-41-27-11-15-42(16-12-27)33(45)24-39-29-8-7-25(2)23-26(29)13-17-49-19-21-51-22-20-50-18-14-38-30-6-4-5-28-34(30)37(48)43(36(28)47)31-9-10-32(44)40-35(31)46/h3-8,23,27,31,38-39,41H,1,9-22,24H2,2H3,(H,40,44,46). The molecule has 5 rings (SSSR count). The van der Waals surface area contributed by atoms with Crippen LogP contribution >= 0.6 is 11.9 Å². The van der Waals surface area contributed by atoms with Crippen molar-refractivity contribution in [3.8, 4) is 0 Å². The van der Waals surface area contributed by atoms with E-state index in [-0.39, 0.29) is 36.4 Å². The zero-order valence-corrected chi connectivity index (χ0v) is 30.4. The van der Waals surface area contributed by atoms with Crippen molar-refractivity contribution < 1.29 is 38.2 Å². The topological polar surface area (TPSA) is 168 Å². The van der Waals surface area contributed by atoms with E-state index in [0.717, 1.165) is 47.6 Å². The van der Waals surface area contributed by atoms with Crippen molar-refractivity contribution in [1.82, 2.24) is 19.8 Å². The number of anilines is 2. The van der Waals surface area contributed by atoms with Crippen LogP contribution in [-0.2, 0) is 35.0 Å². The van der Waals surface area contributed by atoms with Gasteiger partial charge in [-0.3, -0.25) is 38.9 Å². The van der Waals surface area contributed by atoms with Gasteiger partial charge < -0.3 is 29.7 Å². The monoisotopic (exact) mass is 736 g/mol. The Bertz CT molecular complexity index is 1610. The first kappa shape index (κ1) is 38.9. The van der Waals surface area contributed by atoms with Crippen LogP contribution in [0.3, 0.4) is 0 Å². The van der Waals surface area contributed by atoms with E-state index in [2.05, 4.69) is 33.3 Å². The van der Waals surface area contributed by atoms with Gasteiger partial charge in [0.25, 0.3) is 11.8 Å². The average molecular weight is 737 g/mol. The van der Waals surface area contributed by atoms with E-state index in [4.69, 9.17) is 14.2 Å². The Morgan fingerprint density at radius 3 is 2.38 bits per heavy atom. The highest BCUT2D eigenvalue weighted by Crippen LogP contribution is 2.32. The van der Waals surface area contributed by atoms with Gasteiger partial charge in [0.15, 0.2) is 0 Å². The normalized spacial score (nSPS) is 17.7. The van der Waals surface area contributed by atoms with Crippen LogP contribution in [0.2, 0.25) is 0 Å². The first-order valence-electron chi connectivity index (χ1n) is 17.7. The Hall–Kier alpha value is -4.28.